The molecule has 0 aromatic carbocycles. The molecule has 0 aliphatic heterocycles. The van der Waals surface area contributed by atoms with Crippen molar-refractivity contribution >= 4 is 29.0 Å². The standard InChI is InChI=1S/C8H10Cl2N2O2/c9-2-6(13)7(14)5-1-4(10)3-12-8(5)11/h1,3,6-7,13-14H,2H2,(H2,11,12). The third kappa shape index (κ3) is 2.48. The number of anilines is 1. The zero-order chi connectivity index (χ0) is 10.7. The molecule has 14 heavy (non-hydrogen) atoms. The summed E-state index contributed by atoms with van der Waals surface area (Å²) in [4.78, 5) is 3.75. The van der Waals surface area contributed by atoms with Gasteiger partial charge in [-0.2, -0.15) is 0 Å². The van der Waals surface area contributed by atoms with Crippen molar-refractivity contribution in [1.82, 2.24) is 4.98 Å². The number of pyridine rings is 1. The molecule has 1 rings (SSSR count). The molecule has 0 radical (unpaired) electrons. The van der Waals surface area contributed by atoms with E-state index in [2.05, 4.69) is 4.98 Å². The van der Waals surface area contributed by atoms with Gasteiger partial charge in [0.05, 0.1) is 17.0 Å². The molecule has 0 saturated carbocycles. The lowest BCUT2D eigenvalue weighted by Crippen LogP contribution is -2.21. The Bertz CT molecular complexity index is 322. The summed E-state index contributed by atoms with van der Waals surface area (Å²) in [7, 11) is 0. The molecule has 0 fully saturated rings. The number of nitrogens with two attached hydrogens (primary N) is 1. The molecule has 78 valence electrons. The van der Waals surface area contributed by atoms with Gasteiger partial charge in [0.2, 0.25) is 0 Å². The number of halogens is 2. The number of aliphatic hydroxyl groups is 2. The Morgan fingerprint density at radius 2 is 2.14 bits per heavy atom. The lowest BCUT2D eigenvalue weighted by molar-refractivity contribution is 0.0330. The fraction of sp³-hybridized carbons (Fsp3) is 0.375. The highest BCUT2D eigenvalue weighted by molar-refractivity contribution is 6.30. The molecule has 0 spiro atoms. The Hall–Kier alpha value is -0.550. The molecule has 0 aliphatic carbocycles. The van der Waals surface area contributed by atoms with E-state index in [-0.39, 0.29) is 17.3 Å². The lowest BCUT2D eigenvalue weighted by Gasteiger charge is -2.16. The third-order valence-corrected chi connectivity index (χ3v) is 2.28. The van der Waals surface area contributed by atoms with Gasteiger partial charge in [0.1, 0.15) is 11.9 Å². The molecule has 2 unspecified atom stereocenters. The van der Waals surface area contributed by atoms with Crippen LogP contribution in [0.4, 0.5) is 5.82 Å². The van der Waals surface area contributed by atoms with E-state index >= 15 is 0 Å². The molecule has 2 atom stereocenters. The molecule has 0 bridgehead atoms. The summed E-state index contributed by atoms with van der Waals surface area (Å²) in [5.74, 6) is 0.0405. The Balaban J connectivity index is 2.99. The molecule has 0 amide bonds. The number of aromatic nitrogens is 1. The van der Waals surface area contributed by atoms with Crippen LogP contribution in [0.1, 0.15) is 11.7 Å². The van der Waals surface area contributed by atoms with Gasteiger partial charge in [-0.25, -0.2) is 4.98 Å². The third-order valence-electron chi connectivity index (χ3n) is 1.76. The minimum Gasteiger partial charge on any atom is -0.389 e. The predicted molar refractivity (Wildman–Crippen MR) is 55.3 cm³/mol. The van der Waals surface area contributed by atoms with Crippen molar-refractivity contribution in [3.05, 3.63) is 22.8 Å². The zero-order valence-corrected chi connectivity index (χ0v) is 8.70. The first-order chi connectivity index (χ1) is 6.56. The van der Waals surface area contributed by atoms with Crippen LogP contribution in [0.15, 0.2) is 12.3 Å². The maximum Gasteiger partial charge on any atom is 0.129 e. The van der Waals surface area contributed by atoms with Crippen LogP contribution in [-0.4, -0.2) is 27.2 Å². The molecule has 0 saturated heterocycles. The highest BCUT2D eigenvalue weighted by Gasteiger charge is 2.20. The number of aliphatic hydroxyl groups excluding tert-OH is 2. The summed E-state index contributed by atoms with van der Waals surface area (Å²) in [6, 6.07) is 1.45. The second-order valence-electron chi connectivity index (χ2n) is 2.79. The van der Waals surface area contributed by atoms with Crippen LogP contribution in [0.3, 0.4) is 0 Å². The monoisotopic (exact) mass is 236 g/mol. The number of alkyl halides is 1. The quantitative estimate of drug-likeness (QED) is 0.684. The van der Waals surface area contributed by atoms with Gasteiger partial charge in [-0.15, -0.1) is 11.6 Å². The van der Waals surface area contributed by atoms with E-state index < -0.39 is 12.2 Å². The normalized spacial score (nSPS) is 15.1. The minimum atomic E-state index is -1.17. The topological polar surface area (TPSA) is 79.4 Å². The van der Waals surface area contributed by atoms with Crippen LogP contribution < -0.4 is 5.73 Å². The van der Waals surface area contributed by atoms with Gasteiger partial charge in [0.25, 0.3) is 0 Å². The van der Waals surface area contributed by atoms with E-state index in [4.69, 9.17) is 28.9 Å². The van der Waals surface area contributed by atoms with E-state index in [1.54, 1.807) is 0 Å². The van der Waals surface area contributed by atoms with Crippen LogP contribution in [0.25, 0.3) is 0 Å². The zero-order valence-electron chi connectivity index (χ0n) is 7.19. The average molecular weight is 237 g/mol. The molecule has 4 nitrogen and oxygen atoms in total. The number of nitrogen functional groups attached to an aromatic ring is 1. The molecule has 1 aromatic heterocycles. The van der Waals surface area contributed by atoms with Crippen molar-refractivity contribution in [2.75, 3.05) is 11.6 Å². The van der Waals surface area contributed by atoms with Crippen molar-refractivity contribution in [2.45, 2.75) is 12.2 Å². The second kappa shape index (κ2) is 4.79. The Morgan fingerprint density at radius 3 is 2.71 bits per heavy atom. The largest absolute Gasteiger partial charge is 0.389 e. The number of hydrogen-bond acceptors (Lipinski definition) is 4. The van der Waals surface area contributed by atoms with Crippen molar-refractivity contribution < 1.29 is 10.2 Å². The highest BCUT2D eigenvalue weighted by Crippen LogP contribution is 2.24. The maximum absolute atomic E-state index is 9.58. The van der Waals surface area contributed by atoms with Crippen molar-refractivity contribution in [3.63, 3.8) is 0 Å². The summed E-state index contributed by atoms with van der Waals surface area (Å²) in [5, 5.41) is 19.2. The Labute approximate surface area is 91.3 Å². The van der Waals surface area contributed by atoms with E-state index in [1.807, 2.05) is 0 Å². The first-order valence-corrected chi connectivity index (χ1v) is 4.80. The number of nitrogens with zero attached hydrogens (tertiary/aromatic N) is 1. The molecular formula is C8H10Cl2N2O2. The van der Waals surface area contributed by atoms with Gasteiger partial charge in [0, 0.05) is 11.8 Å². The van der Waals surface area contributed by atoms with Gasteiger partial charge in [-0.05, 0) is 6.07 Å². The van der Waals surface area contributed by atoms with Gasteiger partial charge < -0.3 is 15.9 Å². The first-order valence-electron chi connectivity index (χ1n) is 3.89. The molecule has 0 aliphatic rings. The summed E-state index contributed by atoms with van der Waals surface area (Å²) < 4.78 is 0. The van der Waals surface area contributed by atoms with E-state index in [1.165, 1.54) is 12.3 Å². The van der Waals surface area contributed by atoms with E-state index in [0.717, 1.165) is 0 Å². The Morgan fingerprint density at radius 1 is 1.50 bits per heavy atom. The molecule has 1 heterocycles. The highest BCUT2D eigenvalue weighted by atomic mass is 35.5. The van der Waals surface area contributed by atoms with E-state index in [9.17, 15) is 10.2 Å². The summed E-state index contributed by atoms with van der Waals surface area (Å²) in [6.45, 7) is 0. The molecule has 6 heteroatoms. The fourth-order valence-corrected chi connectivity index (χ4v) is 1.33. The van der Waals surface area contributed by atoms with Gasteiger partial charge >= 0.3 is 0 Å². The van der Waals surface area contributed by atoms with Crippen LogP contribution in [0.5, 0.6) is 0 Å². The lowest BCUT2D eigenvalue weighted by atomic mass is 10.1. The Kier molecular flexibility index (Phi) is 3.95. The number of hydrogen-bond donors (Lipinski definition) is 3. The van der Waals surface area contributed by atoms with E-state index in [0.29, 0.717) is 5.02 Å². The number of rotatable bonds is 3. The minimum absolute atomic E-state index is 0.0902. The molecule has 1 aromatic rings. The first kappa shape index (κ1) is 11.5. The predicted octanol–water partition coefficient (Wildman–Crippen LogP) is 0.950. The average Bonchev–Trinajstić information content (AvgIpc) is 2.19. The van der Waals surface area contributed by atoms with Crippen molar-refractivity contribution in [2.24, 2.45) is 0 Å². The van der Waals surface area contributed by atoms with Crippen LogP contribution in [-0.2, 0) is 0 Å². The molecular weight excluding hydrogens is 227 g/mol. The maximum atomic E-state index is 9.58. The van der Waals surface area contributed by atoms with Crippen LogP contribution in [0.2, 0.25) is 5.02 Å². The van der Waals surface area contributed by atoms with Crippen molar-refractivity contribution in [3.8, 4) is 0 Å². The van der Waals surface area contributed by atoms with Crippen LogP contribution in [0, 0.1) is 0 Å². The summed E-state index contributed by atoms with van der Waals surface area (Å²) in [5.41, 5.74) is 5.78. The smallest absolute Gasteiger partial charge is 0.129 e. The second-order valence-corrected chi connectivity index (χ2v) is 3.54. The van der Waals surface area contributed by atoms with Gasteiger partial charge in [0.15, 0.2) is 0 Å². The van der Waals surface area contributed by atoms with Gasteiger partial charge in [-0.3, -0.25) is 0 Å². The summed E-state index contributed by atoms with van der Waals surface area (Å²) in [6.07, 6.45) is -0.891. The van der Waals surface area contributed by atoms with Crippen LogP contribution >= 0.6 is 23.2 Å². The molecule has 4 N–H and O–H groups in total. The fourth-order valence-electron chi connectivity index (χ4n) is 0.994. The van der Waals surface area contributed by atoms with Crippen molar-refractivity contribution in [1.29, 1.82) is 0 Å². The van der Waals surface area contributed by atoms with Gasteiger partial charge in [-0.1, -0.05) is 11.6 Å². The summed E-state index contributed by atoms with van der Waals surface area (Å²) >= 11 is 11.0. The SMILES string of the molecule is Nc1ncc(Cl)cc1C(O)C(O)CCl.